The van der Waals surface area contributed by atoms with E-state index in [1.165, 1.54) is 0 Å². The molecule has 0 aliphatic carbocycles. The van der Waals surface area contributed by atoms with Gasteiger partial charge in [-0.15, -0.1) is 0 Å². The van der Waals surface area contributed by atoms with E-state index in [2.05, 4.69) is 39.2 Å². The van der Waals surface area contributed by atoms with Crippen molar-refractivity contribution in [1.82, 2.24) is 29.9 Å². The summed E-state index contributed by atoms with van der Waals surface area (Å²) < 4.78 is 0. The number of hydrogen-bond acceptors (Lipinski definition) is 6. The second-order valence-electron chi connectivity index (χ2n) is 9.59. The Kier molecular flexibility index (Phi) is 4.65. The summed E-state index contributed by atoms with van der Waals surface area (Å²) in [6.07, 6.45) is 5.52. The van der Waals surface area contributed by atoms with Gasteiger partial charge in [0.1, 0.15) is 17.5 Å². The van der Waals surface area contributed by atoms with Crippen LogP contribution in [-0.2, 0) is 12.1 Å². The highest BCUT2D eigenvalue weighted by Gasteiger charge is 2.52. The molecule has 4 aliphatic heterocycles. The van der Waals surface area contributed by atoms with Gasteiger partial charge in [-0.25, -0.2) is 4.79 Å². The van der Waals surface area contributed by atoms with Crippen molar-refractivity contribution >= 4 is 17.5 Å². The molecular weight excluding hydrogens is 418 g/mol. The summed E-state index contributed by atoms with van der Waals surface area (Å²) in [6, 6.07) is 5.54. The normalized spacial score (nSPS) is 28.5. The number of carbonyl (C=O) groups is 1. The molecule has 4 aliphatic rings. The van der Waals surface area contributed by atoms with Crippen LogP contribution in [-0.4, -0.2) is 72.7 Å². The van der Waals surface area contributed by atoms with Gasteiger partial charge in [-0.2, -0.15) is 5.10 Å². The number of H-pyrrole nitrogens is 1. The first-order valence-corrected chi connectivity index (χ1v) is 12.1. The lowest BCUT2D eigenvalue weighted by atomic mass is 9.89. The molecule has 9 nitrogen and oxygen atoms in total. The van der Waals surface area contributed by atoms with Gasteiger partial charge >= 0.3 is 6.03 Å². The van der Waals surface area contributed by atoms with E-state index >= 15 is 0 Å². The monoisotopic (exact) mass is 449 g/mol. The van der Waals surface area contributed by atoms with Crippen LogP contribution < -0.4 is 5.32 Å². The van der Waals surface area contributed by atoms with Crippen molar-refractivity contribution in [3.8, 4) is 0 Å². The number of nitrogens with one attached hydrogen (secondary N) is 2. The van der Waals surface area contributed by atoms with Crippen molar-refractivity contribution in [1.29, 1.82) is 0 Å². The third kappa shape index (κ3) is 2.84. The summed E-state index contributed by atoms with van der Waals surface area (Å²) in [5.74, 6) is 0.798. The summed E-state index contributed by atoms with van der Waals surface area (Å²) in [4.78, 5) is 25.1. The van der Waals surface area contributed by atoms with Gasteiger partial charge in [0.05, 0.1) is 23.5 Å². The highest BCUT2D eigenvalue weighted by Crippen LogP contribution is 2.47. The van der Waals surface area contributed by atoms with Crippen molar-refractivity contribution < 1.29 is 9.90 Å². The molecule has 174 valence electrons. The van der Waals surface area contributed by atoms with Crippen molar-refractivity contribution in [3.05, 3.63) is 47.1 Å². The molecule has 2 bridgehead atoms. The van der Waals surface area contributed by atoms with Crippen LogP contribution in [0.25, 0.3) is 5.70 Å². The van der Waals surface area contributed by atoms with E-state index in [1.807, 2.05) is 28.0 Å². The fraction of sp³-hybridized carbons (Fsp3) is 0.542. The second-order valence-corrected chi connectivity index (χ2v) is 9.59. The molecule has 2 aromatic heterocycles. The number of anilines is 1. The molecular formula is C24H31N7O2. The summed E-state index contributed by atoms with van der Waals surface area (Å²) in [6.45, 7) is 7.02. The minimum absolute atomic E-state index is 0.000351. The number of fused-ring (bicyclic) bond motifs is 3. The van der Waals surface area contributed by atoms with Crippen molar-refractivity contribution in [2.75, 3.05) is 25.0 Å². The van der Waals surface area contributed by atoms with Crippen LogP contribution in [0.2, 0.25) is 0 Å². The lowest BCUT2D eigenvalue weighted by Gasteiger charge is -2.47. The van der Waals surface area contributed by atoms with E-state index in [0.717, 1.165) is 43.5 Å². The molecule has 2 saturated heterocycles. The Morgan fingerprint density at radius 1 is 1.24 bits per heavy atom. The molecule has 3 N–H and O–H groups in total. The van der Waals surface area contributed by atoms with Crippen LogP contribution in [0.3, 0.4) is 0 Å². The number of aromatic amines is 1. The second kappa shape index (κ2) is 7.48. The SMILES string of the molecule is CCC1(CC)c2[nH]nc3c2CN1C(=O)N1CC2CCCN2C[C@@H]1/C(O)=C(\c1ccccn1)N3. The summed E-state index contributed by atoms with van der Waals surface area (Å²) in [5.41, 5.74) is 2.72. The van der Waals surface area contributed by atoms with Gasteiger partial charge < -0.3 is 20.2 Å². The standard InChI is InChI=1S/C24H31N7O2/c1-3-24(4-2)21-16-13-31(24)23(33)30-12-15-8-7-11-29(15)14-18(30)20(32)19(26-22(16)28-27-21)17-9-5-6-10-25-17/h5-6,9-10,15,18,32H,3-4,7-8,11-14H2,1-2H3,(H2,26,27,28)/b20-19-/t15?,18-/m1/s1. The smallest absolute Gasteiger partial charge is 0.321 e. The van der Waals surface area contributed by atoms with Crippen LogP contribution in [0.1, 0.15) is 56.5 Å². The van der Waals surface area contributed by atoms with E-state index in [9.17, 15) is 9.90 Å². The number of urea groups is 1. The molecule has 0 aromatic carbocycles. The Bertz CT molecular complexity index is 1110. The molecule has 0 radical (unpaired) electrons. The van der Waals surface area contributed by atoms with Gasteiger partial charge in [0.2, 0.25) is 0 Å². The minimum atomic E-state index is -0.443. The molecule has 2 fully saturated rings. The van der Waals surface area contributed by atoms with Crippen molar-refractivity contribution in [2.45, 2.75) is 63.7 Å². The zero-order valence-electron chi connectivity index (χ0n) is 19.2. The van der Waals surface area contributed by atoms with E-state index in [1.54, 1.807) is 6.20 Å². The minimum Gasteiger partial charge on any atom is -0.508 e. The lowest BCUT2D eigenvalue weighted by molar-refractivity contribution is 0.0296. The maximum Gasteiger partial charge on any atom is 0.321 e. The van der Waals surface area contributed by atoms with Gasteiger partial charge in [-0.05, 0) is 44.4 Å². The zero-order chi connectivity index (χ0) is 22.7. The molecule has 2 atom stereocenters. The molecule has 0 spiro atoms. The molecule has 9 heteroatoms. The van der Waals surface area contributed by atoms with Crippen molar-refractivity contribution in [2.24, 2.45) is 0 Å². The quantitative estimate of drug-likeness (QED) is 0.665. The van der Waals surface area contributed by atoms with E-state index in [-0.39, 0.29) is 11.8 Å². The predicted octanol–water partition coefficient (Wildman–Crippen LogP) is 3.26. The maximum atomic E-state index is 14.2. The maximum absolute atomic E-state index is 14.2. The molecule has 1 unspecified atom stereocenters. The van der Waals surface area contributed by atoms with Gasteiger partial charge in [-0.1, -0.05) is 19.9 Å². The first-order valence-electron chi connectivity index (χ1n) is 12.1. The van der Waals surface area contributed by atoms with Crippen LogP contribution in [0.5, 0.6) is 0 Å². The summed E-state index contributed by atoms with van der Waals surface area (Å²) >= 11 is 0. The third-order valence-corrected chi connectivity index (χ3v) is 8.24. The fourth-order valence-corrected chi connectivity index (χ4v) is 6.36. The summed E-state index contributed by atoms with van der Waals surface area (Å²) in [5, 5.41) is 22.9. The van der Waals surface area contributed by atoms with E-state index < -0.39 is 11.6 Å². The average molecular weight is 450 g/mol. The van der Waals surface area contributed by atoms with Crippen LogP contribution >= 0.6 is 0 Å². The first kappa shape index (κ1) is 20.5. The Morgan fingerprint density at radius 2 is 2.09 bits per heavy atom. The van der Waals surface area contributed by atoms with Gasteiger partial charge in [-0.3, -0.25) is 15.0 Å². The lowest BCUT2D eigenvalue weighted by Crippen LogP contribution is -2.62. The number of hydrogen-bond donors (Lipinski definition) is 3. The van der Waals surface area contributed by atoms with Crippen LogP contribution in [0.4, 0.5) is 10.6 Å². The molecule has 2 amide bonds. The Hall–Kier alpha value is -3.07. The Morgan fingerprint density at radius 3 is 2.85 bits per heavy atom. The Labute approximate surface area is 193 Å². The number of piperazine rings is 1. The number of carbonyl (C=O) groups excluding carboxylic acids is 1. The predicted molar refractivity (Wildman–Crippen MR) is 124 cm³/mol. The molecule has 2 aromatic rings. The van der Waals surface area contributed by atoms with Crippen molar-refractivity contribution in [3.63, 3.8) is 0 Å². The van der Waals surface area contributed by atoms with Crippen LogP contribution in [0, 0.1) is 0 Å². The number of aliphatic hydroxyl groups excluding tert-OH is 1. The number of rotatable bonds is 3. The van der Waals surface area contributed by atoms with Gasteiger partial charge in [0.25, 0.3) is 0 Å². The highest BCUT2D eigenvalue weighted by atomic mass is 16.3. The number of nitrogens with zero attached hydrogens (tertiary/aromatic N) is 5. The topological polar surface area (TPSA) is 101 Å². The molecule has 6 rings (SSSR count). The molecule has 33 heavy (non-hydrogen) atoms. The first-order chi connectivity index (χ1) is 16.1. The number of aliphatic hydroxyl groups is 1. The highest BCUT2D eigenvalue weighted by molar-refractivity contribution is 5.83. The molecule has 6 heterocycles. The Balaban J connectivity index is 1.55. The fourth-order valence-electron chi connectivity index (χ4n) is 6.36. The van der Waals surface area contributed by atoms with E-state index in [4.69, 9.17) is 0 Å². The number of amides is 2. The molecule has 0 saturated carbocycles. The number of pyridine rings is 1. The van der Waals surface area contributed by atoms with E-state index in [0.29, 0.717) is 42.9 Å². The summed E-state index contributed by atoms with van der Waals surface area (Å²) in [7, 11) is 0. The number of aromatic nitrogens is 3. The third-order valence-electron chi connectivity index (χ3n) is 8.24. The van der Waals surface area contributed by atoms with Gasteiger partial charge in [0.15, 0.2) is 5.82 Å². The average Bonchev–Trinajstić information content (AvgIpc) is 3.55. The zero-order valence-corrected chi connectivity index (χ0v) is 19.2. The van der Waals surface area contributed by atoms with Crippen LogP contribution in [0.15, 0.2) is 30.2 Å². The largest absolute Gasteiger partial charge is 0.508 e. The van der Waals surface area contributed by atoms with Gasteiger partial charge in [0, 0.05) is 30.9 Å².